The number of H-pyrrole nitrogens is 1. The summed E-state index contributed by atoms with van der Waals surface area (Å²) in [4.78, 5) is 17.3. The van der Waals surface area contributed by atoms with Crippen LogP contribution in [0.3, 0.4) is 0 Å². The lowest BCUT2D eigenvalue weighted by atomic mass is 10.1. The second-order valence-corrected chi connectivity index (χ2v) is 5.23. The van der Waals surface area contributed by atoms with Crippen LogP contribution in [0.25, 0.3) is 10.9 Å². The Morgan fingerprint density at radius 3 is 2.95 bits per heavy atom. The number of aromatic amines is 1. The number of aliphatic hydroxyl groups excluding tert-OH is 1. The molecule has 5 nitrogen and oxygen atoms in total. The number of benzene rings is 1. The molecular weight excluding hydrogens is 324 g/mol. The molecule has 2 aromatic rings. The summed E-state index contributed by atoms with van der Waals surface area (Å²) in [6, 6.07) is 5.73. The number of carbonyl (C=O) groups excluding carboxylic acids is 1. The second-order valence-electron chi connectivity index (χ2n) is 4.37. The Morgan fingerprint density at radius 2 is 2.25 bits per heavy atom. The van der Waals surface area contributed by atoms with Crippen LogP contribution in [0.1, 0.15) is 10.4 Å². The van der Waals surface area contributed by atoms with Crippen molar-refractivity contribution in [1.82, 2.24) is 9.88 Å². The molecule has 20 heavy (non-hydrogen) atoms. The molecule has 0 aliphatic rings. The van der Waals surface area contributed by atoms with Crippen LogP contribution in [0.15, 0.2) is 28.9 Å². The molecule has 2 N–H and O–H groups in total. The highest BCUT2D eigenvalue weighted by Crippen LogP contribution is 2.27. The van der Waals surface area contributed by atoms with Gasteiger partial charge in [-0.3, -0.25) is 4.79 Å². The molecule has 0 fully saturated rings. The number of hydrogen-bond acceptors (Lipinski definition) is 3. The second kappa shape index (κ2) is 6.88. The van der Waals surface area contributed by atoms with E-state index in [1.165, 1.54) is 0 Å². The van der Waals surface area contributed by atoms with Gasteiger partial charge in [0.25, 0.3) is 5.91 Å². The Labute approximate surface area is 125 Å². The van der Waals surface area contributed by atoms with Crippen molar-refractivity contribution in [1.29, 1.82) is 0 Å². The van der Waals surface area contributed by atoms with Crippen molar-refractivity contribution in [3.63, 3.8) is 0 Å². The van der Waals surface area contributed by atoms with Crippen LogP contribution in [-0.2, 0) is 4.74 Å². The zero-order chi connectivity index (χ0) is 14.5. The monoisotopic (exact) mass is 340 g/mol. The molecule has 0 unspecified atom stereocenters. The van der Waals surface area contributed by atoms with Gasteiger partial charge in [0.15, 0.2) is 0 Å². The van der Waals surface area contributed by atoms with Crippen molar-refractivity contribution in [2.75, 3.05) is 33.4 Å². The lowest BCUT2D eigenvalue weighted by Crippen LogP contribution is -2.36. The summed E-state index contributed by atoms with van der Waals surface area (Å²) in [6.07, 6.45) is 1.70. The minimum absolute atomic E-state index is 0.0705. The zero-order valence-corrected chi connectivity index (χ0v) is 12.8. The van der Waals surface area contributed by atoms with Crippen LogP contribution in [0.5, 0.6) is 0 Å². The van der Waals surface area contributed by atoms with Crippen molar-refractivity contribution < 1.29 is 14.6 Å². The van der Waals surface area contributed by atoms with E-state index in [1.54, 1.807) is 18.2 Å². The Morgan fingerprint density at radius 1 is 1.45 bits per heavy atom. The molecule has 0 atom stereocenters. The van der Waals surface area contributed by atoms with E-state index >= 15 is 0 Å². The number of hydrogen-bond donors (Lipinski definition) is 2. The maximum atomic E-state index is 12.6. The number of nitrogens with zero attached hydrogens (tertiary/aromatic N) is 1. The first-order valence-corrected chi connectivity index (χ1v) is 7.13. The van der Waals surface area contributed by atoms with Gasteiger partial charge in [0.1, 0.15) is 0 Å². The molecule has 0 spiro atoms. The summed E-state index contributed by atoms with van der Waals surface area (Å²) >= 11 is 3.47. The molecule has 0 saturated carbocycles. The number of amides is 1. The van der Waals surface area contributed by atoms with Crippen LogP contribution in [0.4, 0.5) is 0 Å². The summed E-state index contributed by atoms with van der Waals surface area (Å²) in [5.41, 5.74) is 1.50. The van der Waals surface area contributed by atoms with E-state index in [0.717, 1.165) is 15.4 Å². The fraction of sp³-hybridized carbons (Fsp3) is 0.357. The summed E-state index contributed by atoms with van der Waals surface area (Å²) in [7, 11) is 1.59. The number of halogens is 1. The standard InChI is InChI=1S/C14H17BrN2O3/c1-20-8-6-17(5-7-18)14(19)10-9-16-12-4-2-3-11(15)13(10)12/h2-4,9,16,18H,5-8H2,1H3. The van der Waals surface area contributed by atoms with E-state index in [2.05, 4.69) is 20.9 Å². The van der Waals surface area contributed by atoms with Gasteiger partial charge in [0.2, 0.25) is 0 Å². The molecule has 1 heterocycles. The number of fused-ring (bicyclic) bond motifs is 1. The van der Waals surface area contributed by atoms with Gasteiger partial charge in [-0.2, -0.15) is 0 Å². The number of rotatable bonds is 6. The van der Waals surface area contributed by atoms with E-state index in [-0.39, 0.29) is 12.5 Å². The van der Waals surface area contributed by atoms with Crippen molar-refractivity contribution in [2.24, 2.45) is 0 Å². The number of aromatic nitrogens is 1. The molecule has 6 heteroatoms. The largest absolute Gasteiger partial charge is 0.395 e. The number of carbonyl (C=O) groups is 1. The zero-order valence-electron chi connectivity index (χ0n) is 11.2. The first kappa shape index (κ1) is 15.0. The molecular formula is C14H17BrN2O3. The fourth-order valence-corrected chi connectivity index (χ4v) is 2.70. The van der Waals surface area contributed by atoms with Gasteiger partial charge < -0.3 is 19.7 Å². The Bertz CT molecular complexity index is 597. The molecule has 0 aliphatic carbocycles. The Hall–Kier alpha value is -1.37. The molecule has 0 aliphatic heterocycles. The third kappa shape index (κ3) is 3.03. The summed E-state index contributed by atoms with van der Waals surface area (Å²) in [5, 5.41) is 9.96. The highest BCUT2D eigenvalue weighted by molar-refractivity contribution is 9.10. The minimum Gasteiger partial charge on any atom is -0.395 e. The molecule has 1 amide bonds. The number of aliphatic hydroxyl groups is 1. The van der Waals surface area contributed by atoms with Gasteiger partial charge in [0, 0.05) is 41.8 Å². The molecule has 2 rings (SSSR count). The third-order valence-electron chi connectivity index (χ3n) is 3.11. The van der Waals surface area contributed by atoms with Crippen LogP contribution in [0.2, 0.25) is 0 Å². The average molecular weight is 341 g/mol. The highest BCUT2D eigenvalue weighted by atomic mass is 79.9. The van der Waals surface area contributed by atoms with E-state index in [0.29, 0.717) is 25.3 Å². The number of nitrogens with one attached hydrogen (secondary N) is 1. The van der Waals surface area contributed by atoms with Crippen LogP contribution in [0, 0.1) is 0 Å². The quantitative estimate of drug-likeness (QED) is 0.845. The summed E-state index contributed by atoms with van der Waals surface area (Å²) in [6.45, 7) is 1.11. The van der Waals surface area contributed by atoms with Gasteiger partial charge in [-0.15, -0.1) is 0 Å². The molecule has 108 valence electrons. The minimum atomic E-state index is -0.116. The SMILES string of the molecule is COCCN(CCO)C(=O)c1c[nH]c2cccc(Br)c12. The lowest BCUT2D eigenvalue weighted by molar-refractivity contribution is 0.0658. The lowest BCUT2D eigenvalue weighted by Gasteiger charge is -2.21. The normalized spacial score (nSPS) is 10.9. The van der Waals surface area contributed by atoms with Gasteiger partial charge in [0.05, 0.1) is 18.8 Å². The van der Waals surface area contributed by atoms with Crippen LogP contribution < -0.4 is 0 Å². The first-order valence-electron chi connectivity index (χ1n) is 6.33. The van der Waals surface area contributed by atoms with Crippen LogP contribution in [-0.4, -0.2) is 54.3 Å². The van der Waals surface area contributed by atoms with Gasteiger partial charge in [-0.25, -0.2) is 0 Å². The van der Waals surface area contributed by atoms with Gasteiger partial charge in [-0.1, -0.05) is 22.0 Å². The Kier molecular flexibility index (Phi) is 5.17. The van der Waals surface area contributed by atoms with E-state index < -0.39 is 0 Å². The Balaban J connectivity index is 2.33. The predicted octanol–water partition coefficient (Wildman–Crippen LogP) is 2.01. The smallest absolute Gasteiger partial charge is 0.256 e. The maximum absolute atomic E-state index is 12.6. The number of methoxy groups -OCH3 is 1. The highest BCUT2D eigenvalue weighted by Gasteiger charge is 2.19. The van der Waals surface area contributed by atoms with E-state index in [9.17, 15) is 4.79 Å². The third-order valence-corrected chi connectivity index (χ3v) is 3.77. The van der Waals surface area contributed by atoms with Gasteiger partial charge >= 0.3 is 0 Å². The summed E-state index contributed by atoms with van der Waals surface area (Å²) < 4.78 is 5.88. The van der Waals surface area contributed by atoms with Crippen molar-refractivity contribution in [3.05, 3.63) is 34.4 Å². The molecule has 0 radical (unpaired) electrons. The molecule has 1 aromatic carbocycles. The average Bonchev–Trinajstić information content (AvgIpc) is 2.88. The van der Waals surface area contributed by atoms with Gasteiger partial charge in [-0.05, 0) is 12.1 Å². The molecule has 0 saturated heterocycles. The predicted molar refractivity (Wildman–Crippen MR) is 80.9 cm³/mol. The maximum Gasteiger partial charge on any atom is 0.256 e. The van der Waals surface area contributed by atoms with Crippen molar-refractivity contribution >= 4 is 32.7 Å². The van der Waals surface area contributed by atoms with Crippen molar-refractivity contribution in [2.45, 2.75) is 0 Å². The van der Waals surface area contributed by atoms with Crippen LogP contribution >= 0.6 is 15.9 Å². The first-order chi connectivity index (χ1) is 9.69. The topological polar surface area (TPSA) is 65.6 Å². The number of ether oxygens (including phenoxy) is 1. The molecule has 0 bridgehead atoms. The summed E-state index contributed by atoms with van der Waals surface area (Å²) in [5.74, 6) is -0.116. The van der Waals surface area contributed by atoms with E-state index in [1.807, 2.05) is 18.2 Å². The van der Waals surface area contributed by atoms with E-state index in [4.69, 9.17) is 9.84 Å². The fourth-order valence-electron chi connectivity index (χ4n) is 2.12. The van der Waals surface area contributed by atoms with Crippen molar-refractivity contribution in [3.8, 4) is 0 Å². The molecule has 1 aromatic heterocycles.